The van der Waals surface area contributed by atoms with E-state index in [1.807, 2.05) is 67.6 Å². The van der Waals surface area contributed by atoms with Gasteiger partial charge < -0.3 is 14.9 Å². The number of piperazine rings is 1. The van der Waals surface area contributed by atoms with E-state index in [9.17, 15) is 14.7 Å². The van der Waals surface area contributed by atoms with Gasteiger partial charge in [0.05, 0.1) is 23.2 Å². The molecule has 4 rings (SSSR count). The number of carbonyl (C=O) groups excluding carboxylic acids is 2. The number of fused-ring (bicyclic) bond motifs is 1. The predicted molar refractivity (Wildman–Crippen MR) is 129 cm³/mol. The average Bonchev–Trinajstić information content (AvgIpc) is 3.19. The van der Waals surface area contributed by atoms with E-state index >= 15 is 0 Å². The number of amides is 2. The van der Waals surface area contributed by atoms with Gasteiger partial charge in [0, 0.05) is 36.6 Å². The van der Waals surface area contributed by atoms with Crippen molar-refractivity contribution in [3.05, 3.63) is 65.4 Å². The Morgan fingerprint density at radius 2 is 1.85 bits per heavy atom. The van der Waals surface area contributed by atoms with Gasteiger partial charge in [-0.2, -0.15) is 5.10 Å². The molecule has 7 heteroatoms. The standard InChI is InChI=1S/C26H30N4O3/c1-18-17-29(14-15-30(18)24(31)16-26(2,3)33)25(32)20-11-8-19(9-12-20)10-13-23-21-6-4-5-7-22(21)27-28-23/h4-13,18,33H,14-17H2,1-3H3,(H,27,28)/t18-/m0/s1. The highest BCUT2D eigenvalue weighted by molar-refractivity contribution is 5.95. The lowest BCUT2D eigenvalue weighted by Gasteiger charge is -2.40. The molecule has 7 nitrogen and oxygen atoms in total. The number of para-hydroxylation sites is 1. The van der Waals surface area contributed by atoms with Crippen LogP contribution in [0.3, 0.4) is 0 Å². The molecule has 1 aliphatic heterocycles. The molecular formula is C26H30N4O3. The molecule has 3 aromatic rings. The number of hydrogen-bond acceptors (Lipinski definition) is 4. The minimum atomic E-state index is -1.04. The van der Waals surface area contributed by atoms with Gasteiger partial charge in [-0.15, -0.1) is 0 Å². The van der Waals surface area contributed by atoms with Crippen molar-refractivity contribution in [2.45, 2.75) is 38.8 Å². The Morgan fingerprint density at radius 3 is 2.55 bits per heavy atom. The Bertz CT molecular complexity index is 1170. The van der Waals surface area contributed by atoms with Gasteiger partial charge in [-0.3, -0.25) is 14.7 Å². The third-order valence-corrected chi connectivity index (χ3v) is 5.91. The monoisotopic (exact) mass is 446 g/mol. The lowest BCUT2D eigenvalue weighted by atomic mass is 10.0. The summed E-state index contributed by atoms with van der Waals surface area (Å²) in [4.78, 5) is 29.0. The second kappa shape index (κ2) is 9.19. The van der Waals surface area contributed by atoms with Crippen molar-refractivity contribution in [2.75, 3.05) is 19.6 Å². The van der Waals surface area contributed by atoms with Gasteiger partial charge in [0.15, 0.2) is 0 Å². The first-order chi connectivity index (χ1) is 15.7. The van der Waals surface area contributed by atoms with Crippen LogP contribution in [0.4, 0.5) is 0 Å². The van der Waals surface area contributed by atoms with Crippen LogP contribution in [0.15, 0.2) is 48.5 Å². The number of nitrogens with one attached hydrogen (secondary N) is 1. The van der Waals surface area contributed by atoms with E-state index < -0.39 is 5.60 Å². The third-order valence-electron chi connectivity index (χ3n) is 5.91. The summed E-state index contributed by atoms with van der Waals surface area (Å²) in [5.41, 5.74) is 2.44. The van der Waals surface area contributed by atoms with Crippen molar-refractivity contribution in [1.29, 1.82) is 0 Å². The second-order valence-electron chi connectivity index (χ2n) is 9.29. The summed E-state index contributed by atoms with van der Waals surface area (Å²) in [7, 11) is 0. The summed E-state index contributed by atoms with van der Waals surface area (Å²) in [6, 6.07) is 15.4. The van der Waals surface area contributed by atoms with Crippen molar-refractivity contribution in [3.63, 3.8) is 0 Å². The van der Waals surface area contributed by atoms with Gasteiger partial charge in [0.2, 0.25) is 5.91 Å². The maximum atomic E-state index is 13.0. The zero-order chi connectivity index (χ0) is 23.6. The molecule has 1 atom stereocenters. The van der Waals surface area contributed by atoms with Gasteiger partial charge in [-0.1, -0.05) is 36.4 Å². The van der Waals surface area contributed by atoms with Gasteiger partial charge in [0.1, 0.15) is 0 Å². The number of aliphatic hydroxyl groups is 1. The molecule has 33 heavy (non-hydrogen) atoms. The van der Waals surface area contributed by atoms with Crippen LogP contribution < -0.4 is 0 Å². The smallest absolute Gasteiger partial charge is 0.253 e. The number of nitrogens with zero attached hydrogens (tertiary/aromatic N) is 3. The summed E-state index contributed by atoms with van der Waals surface area (Å²) in [5.74, 6) is -0.117. The summed E-state index contributed by atoms with van der Waals surface area (Å²) in [6.07, 6.45) is 4.02. The third kappa shape index (κ3) is 5.31. The minimum absolute atomic E-state index is 0.0368. The van der Waals surface area contributed by atoms with Crippen molar-refractivity contribution < 1.29 is 14.7 Å². The molecule has 0 aliphatic carbocycles. The molecule has 1 aliphatic rings. The molecule has 2 aromatic carbocycles. The molecule has 1 aromatic heterocycles. The van der Waals surface area contributed by atoms with Crippen LogP contribution in [0, 0.1) is 0 Å². The first-order valence-corrected chi connectivity index (χ1v) is 11.2. The van der Waals surface area contributed by atoms with Gasteiger partial charge in [0.25, 0.3) is 5.91 Å². The fourth-order valence-corrected chi connectivity index (χ4v) is 4.19. The molecular weight excluding hydrogens is 416 g/mol. The van der Waals surface area contributed by atoms with E-state index in [4.69, 9.17) is 0 Å². The normalized spacial score (nSPS) is 17.2. The molecule has 0 radical (unpaired) electrons. The maximum absolute atomic E-state index is 13.0. The molecule has 2 N–H and O–H groups in total. The Morgan fingerprint density at radius 1 is 1.12 bits per heavy atom. The molecule has 2 heterocycles. The van der Waals surface area contributed by atoms with E-state index in [0.717, 1.165) is 22.2 Å². The van der Waals surface area contributed by atoms with Crippen molar-refractivity contribution in [2.24, 2.45) is 0 Å². The Kier molecular flexibility index (Phi) is 6.33. The van der Waals surface area contributed by atoms with Crippen molar-refractivity contribution >= 4 is 34.9 Å². The Hall–Kier alpha value is -3.45. The first kappa shape index (κ1) is 22.7. The van der Waals surface area contributed by atoms with Crippen LogP contribution in [0.5, 0.6) is 0 Å². The molecule has 1 fully saturated rings. The van der Waals surface area contributed by atoms with E-state index in [1.54, 1.807) is 23.6 Å². The zero-order valence-corrected chi connectivity index (χ0v) is 19.3. The van der Waals surface area contributed by atoms with Crippen LogP contribution in [0.2, 0.25) is 0 Å². The average molecular weight is 447 g/mol. The van der Waals surface area contributed by atoms with Gasteiger partial charge in [-0.05, 0) is 50.6 Å². The lowest BCUT2D eigenvalue weighted by Crippen LogP contribution is -2.56. The molecule has 1 saturated heterocycles. The summed E-state index contributed by atoms with van der Waals surface area (Å²) < 4.78 is 0. The molecule has 0 saturated carbocycles. The fourth-order valence-electron chi connectivity index (χ4n) is 4.19. The van der Waals surface area contributed by atoms with Crippen LogP contribution in [0.1, 0.15) is 48.8 Å². The van der Waals surface area contributed by atoms with Crippen LogP contribution in [-0.2, 0) is 4.79 Å². The lowest BCUT2D eigenvalue weighted by molar-refractivity contribution is -0.139. The fraction of sp³-hybridized carbons (Fsp3) is 0.346. The number of aromatic nitrogens is 2. The maximum Gasteiger partial charge on any atom is 0.253 e. The van der Waals surface area contributed by atoms with Crippen molar-refractivity contribution in [1.82, 2.24) is 20.0 Å². The quantitative estimate of drug-likeness (QED) is 0.627. The minimum Gasteiger partial charge on any atom is -0.390 e. The summed E-state index contributed by atoms with van der Waals surface area (Å²) in [5, 5.41) is 18.4. The Balaban J connectivity index is 1.38. The largest absolute Gasteiger partial charge is 0.390 e. The van der Waals surface area contributed by atoms with Gasteiger partial charge >= 0.3 is 0 Å². The van der Waals surface area contributed by atoms with E-state index in [-0.39, 0.29) is 24.3 Å². The van der Waals surface area contributed by atoms with Crippen LogP contribution in [0.25, 0.3) is 23.1 Å². The van der Waals surface area contributed by atoms with Crippen LogP contribution in [-0.4, -0.2) is 68.2 Å². The topological polar surface area (TPSA) is 89.5 Å². The second-order valence-corrected chi connectivity index (χ2v) is 9.29. The van der Waals surface area contributed by atoms with Crippen molar-refractivity contribution in [3.8, 4) is 0 Å². The highest BCUT2D eigenvalue weighted by Crippen LogP contribution is 2.20. The molecule has 0 spiro atoms. The first-order valence-electron chi connectivity index (χ1n) is 11.2. The number of carbonyl (C=O) groups is 2. The molecule has 0 unspecified atom stereocenters. The van der Waals surface area contributed by atoms with Gasteiger partial charge in [-0.25, -0.2) is 0 Å². The number of rotatable bonds is 5. The predicted octanol–water partition coefficient (Wildman–Crippen LogP) is 3.57. The highest BCUT2D eigenvalue weighted by Gasteiger charge is 2.32. The highest BCUT2D eigenvalue weighted by atomic mass is 16.3. The molecule has 0 bridgehead atoms. The van der Waals surface area contributed by atoms with E-state index in [0.29, 0.717) is 25.2 Å². The molecule has 2 amide bonds. The zero-order valence-electron chi connectivity index (χ0n) is 19.3. The number of benzene rings is 2. The SMILES string of the molecule is C[C@H]1CN(C(=O)c2ccc(C=Cc3n[nH]c4ccccc34)cc2)CCN1C(=O)CC(C)(C)O. The van der Waals surface area contributed by atoms with E-state index in [2.05, 4.69) is 10.2 Å². The molecule has 172 valence electrons. The van der Waals surface area contributed by atoms with E-state index in [1.165, 1.54) is 0 Å². The van der Waals surface area contributed by atoms with Crippen LogP contribution >= 0.6 is 0 Å². The number of aromatic amines is 1. The Labute approximate surface area is 193 Å². The summed E-state index contributed by atoms with van der Waals surface area (Å²) >= 11 is 0. The number of H-pyrrole nitrogens is 1. The summed E-state index contributed by atoms with van der Waals surface area (Å²) in [6.45, 7) is 6.63. The number of hydrogen-bond donors (Lipinski definition) is 2.